The summed E-state index contributed by atoms with van der Waals surface area (Å²) in [5, 5.41) is 3.67. The molecule has 0 aliphatic carbocycles. The lowest BCUT2D eigenvalue weighted by molar-refractivity contribution is 0.312. The first-order chi connectivity index (χ1) is 8.09. The summed E-state index contributed by atoms with van der Waals surface area (Å²) in [5.74, 6) is 1.11. The van der Waals surface area contributed by atoms with Crippen molar-refractivity contribution >= 4 is 0 Å². The Labute approximate surface area is 104 Å². The van der Waals surface area contributed by atoms with Gasteiger partial charge in [-0.1, -0.05) is 26.0 Å². The molecule has 2 heteroatoms. The van der Waals surface area contributed by atoms with E-state index in [2.05, 4.69) is 45.1 Å². The van der Waals surface area contributed by atoms with Gasteiger partial charge in [0.15, 0.2) is 0 Å². The molecule has 1 aliphatic heterocycles. The summed E-state index contributed by atoms with van der Waals surface area (Å²) in [6, 6.07) is 5.31. The zero-order chi connectivity index (χ0) is 12.4. The fourth-order valence-electron chi connectivity index (χ4n) is 2.61. The third kappa shape index (κ3) is 2.63. The van der Waals surface area contributed by atoms with E-state index in [0.29, 0.717) is 12.1 Å². The Hall–Kier alpha value is -1.02. The topological polar surface area (TPSA) is 21.3 Å². The van der Waals surface area contributed by atoms with Gasteiger partial charge in [0.1, 0.15) is 5.75 Å². The van der Waals surface area contributed by atoms with Crippen molar-refractivity contribution in [2.24, 2.45) is 0 Å². The molecule has 0 fully saturated rings. The summed E-state index contributed by atoms with van der Waals surface area (Å²) in [6.45, 7) is 9.57. The zero-order valence-corrected chi connectivity index (χ0v) is 11.3. The number of fused-ring (bicyclic) bond motifs is 1. The van der Waals surface area contributed by atoms with Gasteiger partial charge in [-0.2, -0.15) is 0 Å². The fourth-order valence-corrected chi connectivity index (χ4v) is 2.61. The zero-order valence-electron chi connectivity index (χ0n) is 11.3. The van der Waals surface area contributed by atoms with Crippen LogP contribution in [0.15, 0.2) is 12.1 Å². The van der Waals surface area contributed by atoms with Crippen LogP contribution in [0.3, 0.4) is 0 Å². The van der Waals surface area contributed by atoms with Crippen LogP contribution in [0, 0.1) is 13.8 Å². The predicted octanol–water partition coefficient (Wildman–Crippen LogP) is 3.52. The van der Waals surface area contributed by atoms with Gasteiger partial charge in [0.05, 0.1) is 6.61 Å². The average Bonchev–Trinajstić information content (AvgIpc) is 2.46. The highest BCUT2D eigenvalue weighted by molar-refractivity contribution is 5.47. The number of benzene rings is 1. The van der Waals surface area contributed by atoms with E-state index in [1.807, 2.05) is 0 Å². The van der Waals surface area contributed by atoms with E-state index >= 15 is 0 Å². The lowest BCUT2D eigenvalue weighted by Gasteiger charge is -2.23. The van der Waals surface area contributed by atoms with Gasteiger partial charge in [0.2, 0.25) is 0 Å². The molecule has 0 saturated heterocycles. The molecule has 1 aliphatic rings. The minimum Gasteiger partial charge on any atom is -0.493 e. The number of hydrogen-bond acceptors (Lipinski definition) is 2. The molecule has 94 valence electrons. The van der Waals surface area contributed by atoms with Crippen LogP contribution in [0.4, 0.5) is 0 Å². The van der Waals surface area contributed by atoms with E-state index in [-0.39, 0.29) is 0 Å². The van der Waals surface area contributed by atoms with Crippen LogP contribution < -0.4 is 10.1 Å². The van der Waals surface area contributed by atoms with E-state index in [1.165, 1.54) is 16.7 Å². The largest absolute Gasteiger partial charge is 0.493 e. The molecule has 1 atom stereocenters. The van der Waals surface area contributed by atoms with Crippen molar-refractivity contribution in [1.82, 2.24) is 5.32 Å². The van der Waals surface area contributed by atoms with Gasteiger partial charge in [-0.25, -0.2) is 0 Å². The molecule has 1 unspecified atom stereocenters. The highest BCUT2D eigenvalue weighted by atomic mass is 16.5. The molecule has 0 spiro atoms. The fraction of sp³-hybridized carbons (Fsp3) is 0.600. The van der Waals surface area contributed by atoms with Crippen LogP contribution in [-0.2, 0) is 0 Å². The Morgan fingerprint density at radius 2 is 1.94 bits per heavy atom. The van der Waals surface area contributed by atoms with Crippen molar-refractivity contribution in [2.75, 3.05) is 6.61 Å². The van der Waals surface area contributed by atoms with Gasteiger partial charge < -0.3 is 10.1 Å². The van der Waals surface area contributed by atoms with Crippen molar-refractivity contribution in [1.29, 1.82) is 0 Å². The number of aryl methyl sites for hydroxylation is 2. The first-order valence-corrected chi connectivity index (χ1v) is 6.58. The molecule has 1 N–H and O–H groups in total. The first kappa shape index (κ1) is 12.4. The van der Waals surface area contributed by atoms with E-state index in [0.717, 1.165) is 25.2 Å². The van der Waals surface area contributed by atoms with Gasteiger partial charge in [0, 0.05) is 17.6 Å². The van der Waals surface area contributed by atoms with E-state index in [9.17, 15) is 0 Å². The van der Waals surface area contributed by atoms with Crippen molar-refractivity contribution in [3.63, 3.8) is 0 Å². The van der Waals surface area contributed by atoms with Crippen LogP contribution in [0.1, 0.15) is 49.4 Å². The minimum atomic E-state index is 0.437. The molecule has 0 saturated carbocycles. The summed E-state index contributed by atoms with van der Waals surface area (Å²) >= 11 is 0. The number of nitrogens with one attached hydrogen (secondary N) is 1. The van der Waals surface area contributed by atoms with Gasteiger partial charge in [-0.3, -0.25) is 0 Å². The van der Waals surface area contributed by atoms with Gasteiger partial charge in [0.25, 0.3) is 0 Å². The first-order valence-electron chi connectivity index (χ1n) is 6.58. The number of hydrogen-bond donors (Lipinski definition) is 1. The third-order valence-corrected chi connectivity index (χ3v) is 3.38. The summed E-state index contributed by atoms with van der Waals surface area (Å²) < 4.78 is 5.93. The molecule has 2 nitrogen and oxygen atoms in total. The maximum absolute atomic E-state index is 5.93. The number of ether oxygens (including phenoxy) is 1. The Morgan fingerprint density at radius 3 is 2.65 bits per heavy atom. The molecule has 1 heterocycles. The molecule has 0 aromatic heterocycles. The maximum atomic E-state index is 5.93. The highest BCUT2D eigenvalue weighted by Gasteiger charge is 2.23. The Morgan fingerprint density at radius 1 is 1.24 bits per heavy atom. The van der Waals surface area contributed by atoms with Crippen LogP contribution in [-0.4, -0.2) is 12.6 Å². The van der Waals surface area contributed by atoms with Crippen molar-refractivity contribution in [3.05, 3.63) is 28.8 Å². The van der Waals surface area contributed by atoms with Crippen LogP contribution in [0.5, 0.6) is 5.75 Å². The smallest absolute Gasteiger partial charge is 0.127 e. The summed E-state index contributed by atoms with van der Waals surface area (Å²) in [4.78, 5) is 0. The monoisotopic (exact) mass is 233 g/mol. The normalized spacial score (nSPS) is 19.7. The van der Waals surface area contributed by atoms with Crippen LogP contribution >= 0.6 is 0 Å². The van der Waals surface area contributed by atoms with Gasteiger partial charge >= 0.3 is 0 Å². The van der Waals surface area contributed by atoms with E-state index in [4.69, 9.17) is 4.74 Å². The number of rotatable bonds is 2. The summed E-state index contributed by atoms with van der Waals surface area (Å²) in [5.41, 5.74) is 3.96. The molecule has 2 rings (SSSR count). The van der Waals surface area contributed by atoms with Crippen molar-refractivity contribution in [3.8, 4) is 5.75 Å². The standard InChI is InChI=1S/C15H23NO/c1-10(2)16-13-6-5-9-17-15-12(4)8-7-11(3)14(13)15/h7-8,10,13,16H,5-6,9H2,1-4H3. The van der Waals surface area contributed by atoms with Crippen molar-refractivity contribution < 1.29 is 4.74 Å². The van der Waals surface area contributed by atoms with Gasteiger partial charge in [-0.15, -0.1) is 0 Å². The SMILES string of the molecule is Cc1ccc(C)c2c1OCCCC2NC(C)C. The molecule has 0 bridgehead atoms. The Balaban J connectivity index is 2.43. The molecule has 0 amide bonds. The summed E-state index contributed by atoms with van der Waals surface area (Å²) in [7, 11) is 0. The minimum absolute atomic E-state index is 0.437. The second-order valence-electron chi connectivity index (χ2n) is 5.31. The Kier molecular flexibility index (Phi) is 3.72. The highest BCUT2D eigenvalue weighted by Crippen LogP contribution is 2.36. The average molecular weight is 233 g/mol. The molecule has 1 aromatic carbocycles. The predicted molar refractivity (Wildman–Crippen MR) is 71.7 cm³/mol. The molecular weight excluding hydrogens is 210 g/mol. The van der Waals surface area contributed by atoms with E-state index < -0.39 is 0 Å². The molecule has 0 radical (unpaired) electrons. The van der Waals surface area contributed by atoms with Crippen LogP contribution in [0.25, 0.3) is 0 Å². The van der Waals surface area contributed by atoms with Crippen molar-refractivity contribution in [2.45, 2.75) is 52.6 Å². The Bertz CT molecular complexity index is 398. The third-order valence-electron chi connectivity index (χ3n) is 3.38. The second kappa shape index (κ2) is 5.09. The molecular formula is C15H23NO. The quantitative estimate of drug-likeness (QED) is 0.844. The summed E-state index contributed by atoms with van der Waals surface area (Å²) in [6.07, 6.45) is 2.29. The molecule has 1 aromatic rings. The molecule has 17 heavy (non-hydrogen) atoms. The van der Waals surface area contributed by atoms with E-state index in [1.54, 1.807) is 0 Å². The second-order valence-corrected chi connectivity index (χ2v) is 5.31. The lowest BCUT2D eigenvalue weighted by Crippen LogP contribution is -2.28. The van der Waals surface area contributed by atoms with Gasteiger partial charge in [-0.05, 0) is 37.8 Å². The maximum Gasteiger partial charge on any atom is 0.127 e. The van der Waals surface area contributed by atoms with Crippen LogP contribution in [0.2, 0.25) is 0 Å². The lowest BCUT2D eigenvalue weighted by atomic mass is 9.94.